The molecule has 0 bridgehead atoms. The van der Waals surface area contributed by atoms with E-state index >= 15 is 0 Å². The minimum atomic E-state index is 0.277. The fourth-order valence-electron chi connectivity index (χ4n) is 2.92. The predicted octanol–water partition coefficient (Wildman–Crippen LogP) is 2.29. The first-order chi connectivity index (χ1) is 9.91. The van der Waals surface area contributed by atoms with Crippen molar-refractivity contribution in [2.45, 2.75) is 72.6 Å². The van der Waals surface area contributed by atoms with Crippen LogP contribution in [0, 0.1) is 5.41 Å². The van der Waals surface area contributed by atoms with E-state index in [4.69, 9.17) is 0 Å². The van der Waals surface area contributed by atoms with Gasteiger partial charge in [-0.15, -0.1) is 0 Å². The van der Waals surface area contributed by atoms with Crippen LogP contribution in [0.2, 0.25) is 0 Å². The quantitative estimate of drug-likeness (QED) is 0.925. The molecule has 0 aliphatic carbocycles. The first kappa shape index (κ1) is 16.4. The first-order valence-corrected chi connectivity index (χ1v) is 8.26. The molecule has 1 fully saturated rings. The Kier molecular flexibility index (Phi) is 5.38. The highest BCUT2D eigenvalue weighted by molar-refractivity contribution is 4.92. The lowest BCUT2D eigenvalue weighted by Gasteiger charge is -2.35. The smallest absolute Gasteiger partial charge is 0.141 e. The van der Waals surface area contributed by atoms with Crippen molar-refractivity contribution >= 4 is 0 Å². The second-order valence-electron chi connectivity index (χ2n) is 7.34. The van der Waals surface area contributed by atoms with Crippen LogP contribution < -0.4 is 5.32 Å². The summed E-state index contributed by atoms with van der Waals surface area (Å²) in [5.41, 5.74) is 0.277. The van der Waals surface area contributed by atoms with E-state index in [0.717, 1.165) is 38.4 Å². The van der Waals surface area contributed by atoms with E-state index in [1.54, 1.807) is 6.33 Å². The van der Waals surface area contributed by atoms with Crippen molar-refractivity contribution in [1.82, 2.24) is 25.0 Å². The zero-order valence-electron chi connectivity index (χ0n) is 14.3. The van der Waals surface area contributed by atoms with Crippen LogP contribution in [0.4, 0.5) is 0 Å². The van der Waals surface area contributed by atoms with Gasteiger partial charge in [-0.2, -0.15) is 5.10 Å². The third-order valence-electron chi connectivity index (χ3n) is 4.51. The number of hydrogen-bond donors (Lipinski definition) is 1. The Balaban J connectivity index is 2.10. The normalized spacial score (nSPS) is 25.0. The summed E-state index contributed by atoms with van der Waals surface area (Å²) in [5, 5.41) is 8.07. The zero-order valence-corrected chi connectivity index (χ0v) is 14.3. The Morgan fingerprint density at radius 3 is 2.81 bits per heavy atom. The second-order valence-corrected chi connectivity index (χ2v) is 7.34. The van der Waals surface area contributed by atoms with Crippen molar-refractivity contribution in [3.8, 4) is 0 Å². The predicted molar refractivity (Wildman–Crippen MR) is 86.0 cm³/mol. The van der Waals surface area contributed by atoms with Crippen LogP contribution in [0.3, 0.4) is 0 Å². The van der Waals surface area contributed by atoms with E-state index in [-0.39, 0.29) is 5.41 Å². The molecule has 0 amide bonds. The van der Waals surface area contributed by atoms with Gasteiger partial charge in [0, 0.05) is 25.2 Å². The summed E-state index contributed by atoms with van der Waals surface area (Å²) < 4.78 is 2.05. The van der Waals surface area contributed by atoms with Crippen molar-refractivity contribution in [3.05, 3.63) is 12.2 Å². The number of rotatable bonds is 4. The van der Waals surface area contributed by atoms with Gasteiger partial charge < -0.3 is 5.32 Å². The Bertz CT molecular complexity index is 434. The molecule has 1 saturated heterocycles. The van der Waals surface area contributed by atoms with E-state index < -0.39 is 0 Å². The average molecular weight is 293 g/mol. The first-order valence-electron chi connectivity index (χ1n) is 8.26. The van der Waals surface area contributed by atoms with Gasteiger partial charge in [-0.3, -0.25) is 4.90 Å². The maximum absolute atomic E-state index is 4.47. The van der Waals surface area contributed by atoms with Crippen molar-refractivity contribution < 1.29 is 0 Å². The Hall–Kier alpha value is -0.940. The van der Waals surface area contributed by atoms with Crippen LogP contribution in [0.15, 0.2) is 6.33 Å². The molecule has 5 nitrogen and oxygen atoms in total. The lowest BCUT2D eigenvalue weighted by atomic mass is 9.86. The standard InChI is InChI=1S/C16H31N5/c1-6-9-21-15(18-12-19-21)11-20-10-14(16(3,4)5)17-8-7-13(20)2/h12-14,17H,6-11H2,1-5H3. The number of aryl methyl sites for hydroxylation is 1. The van der Waals surface area contributed by atoms with Gasteiger partial charge in [0.05, 0.1) is 6.54 Å². The van der Waals surface area contributed by atoms with Gasteiger partial charge in [-0.25, -0.2) is 9.67 Å². The SMILES string of the molecule is CCCn1ncnc1CN1CC(C(C)(C)C)NCCC1C. The van der Waals surface area contributed by atoms with Crippen molar-refractivity contribution in [2.75, 3.05) is 13.1 Å². The molecule has 1 aromatic rings. The summed E-state index contributed by atoms with van der Waals surface area (Å²) >= 11 is 0. The average Bonchev–Trinajstić information content (AvgIpc) is 2.73. The van der Waals surface area contributed by atoms with E-state index in [9.17, 15) is 0 Å². The molecule has 120 valence electrons. The van der Waals surface area contributed by atoms with E-state index in [2.05, 4.69) is 59.6 Å². The number of aromatic nitrogens is 3. The molecule has 1 aliphatic heterocycles. The number of nitrogens with zero attached hydrogens (tertiary/aromatic N) is 4. The number of nitrogens with one attached hydrogen (secondary N) is 1. The van der Waals surface area contributed by atoms with Gasteiger partial charge in [0.25, 0.3) is 0 Å². The van der Waals surface area contributed by atoms with Gasteiger partial charge >= 0.3 is 0 Å². The van der Waals surface area contributed by atoms with Crippen molar-refractivity contribution in [2.24, 2.45) is 5.41 Å². The molecule has 0 radical (unpaired) electrons. The summed E-state index contributed by atoms with van der Waals surface area (Å²) in [6.07, 6.45) is 3.97. The fraction of sp³-hybridized carbons (Fsp3) is 0.875. The minimum absolute atomic E-state index is 0.277. The molecule has 1 aromatic heterocycles. The molecule has 2 heterocycles. The highest BCUT2D eigenvalue weighted by Crippen LogP contribution is 2.24. The third kappa shape index (κ3) is 4.27. The topological polar surface area (TPSA) is 46.0 Å². The summed E-state index contributed by atoms with van der Waals surface area (Å²) in [4.78, 5) is 7.03. The molecule has 2 atom stereocenters. The highest BCUT2D eigenvalue weighted by Gasteiger charge is 2.31. The van der Waals surface area contributed by atoms with Crippen LogP contribution in [-0.4, -0.2) is 44.8 Å². The monoisotopic (exact) mass is 293 g/mol. The molecule has 21 heavy (non-hydrogen) atoms. The summed E-state index contributed by atoms with van der Waals surface area (Å²) in [5.74, 6) is 1.10. The van der Waals surface area contributed by atoms with E-state index in [1.807, 2.05) is 0 Å². The minimum Gasteiger partial charge on any atom is -0.312 e. The Morgan fingerprint density at radius 1 is 1.38 bits per heavy atom. The molecule has 5 heteroatoms. The zero-order chi connectivity index (χ0) is 15.5. The Morgan fingerprint density at radius 2 is 2.14 bits per heavy atom. The largest absolute Gasteiger partial charge is 0.312 e. The molecule has 2 rings (SSSR count). The van der Waals surface area contributed by atoms with Crippen molar-refractivity contribution in [1.29, 1.82) is 0 Å². The van der Waals surface area contributed by atoms with Gasteiger partial charge in [0.1, 0.15) is 12.2 Å². The number of hydrogen-bond acceptors (Lipinski definition) is 4. The summed E-state index contributed by atoms with van der Waals surface area (Å²) in [7, 11) is 0. The van der Waals surface area contributed by atoms with Crippen LogP contribution in [0.1, 0.15) is 53.3 Å². The molecule has 0 spiro atoms. The molecule has 0 saturated carbocycles. The van der Waals surface area contributed by atoms with Gasteiger partial charge in [-0.1, -0.05) is 27.7 Å². The molecular weight excluding hydrogens is 262 g/mol. The van der Waals surface area contributed by atoms with Crippen LogP contribution >= 0.6 is 0 Å². The lowest BCUT2D eigenvalue weighted by molar-refractivity contribution is 0.152. The molecule has 0 aromatic carbocycles. The maximum atomic E-state index is 4.47. The van der Waals surface area contributed by atoms with Gasteiger partial charge in [0.15, 0.2) is 0 Å². The summed E-state index contributed by atoms with van der Waals surface area (Å²) in [6, 6.07) is 1.10. The second kappa shape index (κ2) is 6.88. The fourth-order valence-corrected chi connectivity index (χ4v) is 2.92. The van der Waals surface area contributed by atoms with Crippen LogP contribution in [-0.2, 0) is 13.1 Å². The molecule has 2 unspecified atom stereocenters. The highest BCUT2D eigenvalue weighted by atomic mass is 15.4. The van der Waals surface area contributed by atoms with Crippen LogP contribution in [0.5, 0.6) is 0 Å². The van der Waals surface area contributed by atoms with Crippen LogP contribution in [0.25, 0.3) is 0 Å². The molecule has 1 N–H and O–H groups in total. The van der Waals surface area contributed by atoms with Gasteiger partial charge in [0.2, 0.25) is 0 Å². The lowest BCUT2D eigenvalue weighted by Crippen LogP contribution is -2.47. The maximum Gasteiger partial charge on any atom is 0.141 e. The molecule has 1 aliphatic rings. The van der Waals surface area contributed by atoms with Crippen molar-refractivity contribution in [3.63, 3.8) is 0 Å². The summed E-state index contributed by atoms with van der Waals surface area (Å²) in [6.45, 7) is 15.5. The van der Waals surface area contributed by atoms with E-state index in [0.29, 0.717) is 12.1 Å². The molecular formula is C16H31N5. The Labute approximate surface area is 129 Å². The third-order valence-corrected chi connectivity index (χ3v) is 4.51. The van der Waals surface area contributed by atoms with Gasteiger partial charge in [-0.05, 0) is 31.7 Å². The van der Waals surface area contributed by atoms with E-state index in [1.165, 1.54) is 6.42 Å².